The number of rotatable bonds is 4. The average Bonchev–Trinajstić information content (AvgIpc) is 3.05. The first-order valence-corrected chi connectivity index (χ1v) is 7.18. The van der Waals surface area contributed by atoms with Gasteiger partial charge in [0.25, 0.3) is 5.91 Å². The van der Waals surface area contributed by atoms with Gasteiger partial charge in [-0.15, -0.1) is 0 Å². The van der Waals surface area contributed by atoms with Gasteiger partial charge in [0.1, 0.15) is 5.69 Å². The van der Waals surface area contributed by atoms with Gasteiger partial charge in [-0.3, -0.25) is 14.7 Å². The van der Waals surface area contributed by atoms with Crippen LogP contribution in [0, 0.1) is 0 Å². The predicted molar refractivity (Wildman–Crippen MR) is 86.9 cm³/mol. The van der Waals surface area contributed by atoms with Crippen molar-refractivity contribution in [3.8, 4) is 11.3 Å². The SMILES string of the molecule is CN(Cc1cccc(=O)[nH]1)C(=O)c1cc(-c2ccccc2)n[nH]1. The van der Waals surface area contributed by atoms with Crippen LogP contribution in [-0.2, 0) is 6.54 Å². The zero-order valence-electron chi connectivity index (χ0n) is 12.6. The summed E-state index contributed by atoms with van der Waals surface area (Å²) in [6.07, 6.45) is 0. The number of hydrogen-bond donors (Lipinski definition) is 2. The lowest BCUT2D eigenvalue weighted by Crippen LogP contribution is -2.27. The summed E-state index contributed by atoms with van der Waals surface area (Å²) < 4.78 is 0. The summed E-state index contributed by atoms with van der Waals surface area (Å²) in [7, 11) is 1.68. The van der Waals surface area contributed by atoms with Crippen LogP contribution in [0.3, 0.4) is 0 Å². The van der Waals surface area contributed by atoms with Gasteiger partial charge in [-0.1, -0.05) is 36.4 Å². The molecule has 1 aromatic carbocycles. The molecule has 0 bridgehead atoms. The number of carbonyl (C=O) groups excluding carboxylic acids is 1. The van der Waals surface area contributed by atoms with Gasteiger partial charge in [-0.25, -0.2) is 0 Å². The highest BCUT2D eigenvalue weighted by atomic mass is 16.2. The molecule has 0 aliphatic rings. The van der Waals surface area contributed by atoms with Gasteiger partial charge in [0, 0.05) is 24.4 Å². The van der Waals surface area contributed by atoms with E-state index in [4.69, 9.17) is 0 Å². The van der Waals surface area contributed by atoms with E-state index in [1.807, 2.05) is 30.3 Å². The second-order valence-electron chi connectivity index (χ2n) is 5.23. The van der Waals surface area contributed by atoms with Crippen LogP contribution in [0.25, 0.3) is 11.3 Å². The number of carbonyl (C=O) groups is 1. The Labute approximate surface area is 132 Å². The molecule has 3 aromatic rings. The summed E-state index contributed by atoms with van der Waals surface area (Å²) in [6, 6.07) is 16.2. The highest BCUT2D eigenvalue weighted by molar-refractivity contribution is 5.93. The van der Waals surface area contributed by atoms with Crippen molar-refractivity contribution in [3.05, 3.63) is 76.3 Å². The Hall–Kier alpha value is -3.15. The fourth-order valence-corrected chi connectivity index (χ4v) is 2.31. The molecule has 0 aliphatic heterocycles. The van der Waals surface area contributed by atoms with Crippen LogP contribution in [0.5, 0.6) is 0 Å². The number of amides is 1. The molecule has 116 valence electrons. The lowest BCUT2D eigenvalue weighted by Gasteiger charge is -2.15. The van der Waals surface area contributed by atoms with E-state index in [1.165, 1.54) is 11.0 Å². The fourth-order valence-electron chi connectivity index (χ4n) is 2.31. The third-order valence-electron chi connectivity index (χ3n) is 3.46. The molecule has 2 N–H and O–H groups in total. The molecule has 2 aromatic heterocycles. The minimum Gasteiger partial charge on any atom is -0.335 e. The van der Waals surface area contributed by atoms with Crippen molar-refractivity contribution < 1.29 is 4.79 Å². The Morgan fingerprint density at radius 1 is 1.13 bits per heavy atom. The van der Waals surface area contributed by atoms with E-state index in [0.29, 0.717) is 17.9 Å². The Morgan fingerprint density at radius 3 is 2.65 bits per heavy atom. The number of nitrogens with zero attached hydrogens (tertiary/aromatic N) is 2. The van der Waals surface area contributed by atoms with Gasteiger partial charge in [0.15, 0.2) is 0 Å². The smallest absolute Gasteiger partial charge is 0.271 e. The van der Waals surface area contributed by atoms with Crippen molar-refractivity contribution in [2.45, 2.75) is 6.54 Å². The van der Waals surface area contributed by atoms with E-state index in [-0.39, 0.29) is 11.5 Å². The van der Waals surface area contributed by atoms with Crippen LogP contribution in [0.2, 0.25) is 0 Å². The highest BCUT2D eigenvalue weighted by Gasteiger charge is 2.15. The fraction of sp³-hybridized carbons (Fsp3) is 0.118. The maximum absolute atomic E-state index is 12.4. The first-order valence-electron chi connectivity index (χ1n) is 7.18. The summed E-state index contributed by atoms with van der Waals surface area (Å²) >= 11 is 0. The summed E-state index contributed by atoms with van der Waals surface area (Å²) in [5.74, 6) is -0.190. The maximum atomic E-state index is 12.4. The number of benzene rings is 1. The minimum atomic E-state index is -0.190. The summed E-state index contributed by atoms with van der Waals surface area (Å²) in [6.45, 7) is 0.314. The quantitative estimate of drug-likeness (QED) is 0.774. The summed E-state index contributed by atoms with van der Waals surface area (Å²) in [5.41, 5.74) is 2.56. The van der Waals surface area contributed by atoms with Crippen LogP contribution in [0.1, 0.15) is 16.2 Å². The third kappa shape index (κ3) is 3.37. The molecule has 0 radical (unpaired) electrons. The lowest BCUT2D eigenvalue weighted by molar-refractivity contribution is 0.0777. The zero-order chi connectivity index (χ0) is 16.2. The van der Waals surface area contributed by atoms with Crippen molar-refractivity contribution in [1.29, 1.82) is 0 Å². The van der Waals surface area contributed by atoms with Crippen LogP contribution >= 0.6 is 0 Å². The van der Waals surface area contributed by atoms with Crippen LogP contribution in [0.15, 0.2) is 59.4 Å². The monoisotopic (exact) mass is 308 g/mol. The number of hydrogen-bond acceptors (Lipinski definition) is 3. The second kappa shape index (κ2) is 6.31. The molecule has 23 heavy (non-hydrogen) atoms. The summed E-state index contributed by atoms with van der Waals surface area (Å²) in [5, 5.41) is 6.95. The molecule has 0 spiro atoms. The number of nitrogens with one attached hydrogen (secondary N) is 2. The molecule has 2 heterocycles. The van der Waals surface area contributed by atoms with Gasteiger partial charge < -0.3 is 9.88 Å². The van der Waals surface area contributed by atoms with Gasteiger partial charge in [0.2, 0.25) is 5.56 Å². The average molecular weight is 308 g/mol. The van der Waals surface area contributed by atoms with Crippen molar-refractivity contribution in [2.75, 3.05) is 7.05 Å². The van der Waals surface area contributed by atoms with Crippen molar-refractivity contribution >= 4 is 5.91 Å². The van der Waals surface area contributed by atoms with Crippen molar-refractivity contribution in [3.63, 3.8) is 0 Å². The van der Waals surface area contributed by atoms with Gasteiger partial charge in [-0.05, 0) is 12.1 Å². The van der Waals surface area contributed by atoms with Crippen molar-refractivity contribution in [1.82, 2.24) is 20.1 Å². The molecule has 6 heteroatoms. The molecule has 3 rings (SSSR count). The lowest BCUT2D eigenvalue weighted by atomic mass is 10.1. The molecule has 6 nitrogen and oxygen atoms in total. The topological polar surface area (TPSA) is 81.8 Å². The number of aromatic nitrogens is 3. The normalized spacial score (nSPS) is 10.5. The Bertz CT molecular complexity index is 867. The molecule has 0 saturated carbocycles. The number of H-pyrrole nitrogens is 2. The van der Waals surface area contributed by atoms with Crippen LogP contribution < -0.4 is 5.56 Å². The first kappa shape index (κ1) is 14.8. The number of pyridine rings is 1. The third-order valence-corrected chi connectivity index (χ3v) is 3.46. The van der Waals surface area contributed by atoms with E-state index in [1.54, 1.807) is 25.2 Å². The Morgan fingerprint density at radius 2 is 1.91 bits per heavy atom. The van der Waals surface area contributed by atoms with E-state index in [0.717, 1.165) is 11.3 Å². The molecule has 0 saturated heterocycles. The molecule has 1 amide bonds. The minimum absolute atomic E-state index is 0.184. The molecule has 0 atom stereocenters. The molecular formula is C17H16N4O2. The summed E-state index contributed by atoms with van der Waals surface area (Å²) in [4.78, 5) is 28.0. The molecule has 0 unspecified atom stereocenters. The van der Waals surface area contributed by atoms with Gasteiger partial charge >= 0.3 is 0 Å². The molecular weight excluding hydrogens is 292 g/mol. The molecule has 0 fully saturated rings. The van der Waals surface area contributed by atoms with Gasteiger partial charge in [0.05, 0.1) is 12.2 Å². The first-order chi connectivity index (χ1) is 11.1. The van der Waals surface area contributed by atoms with Crippen molar-refractivity contribution in [2.24, 2.45) is 0 Å². The maximum Gasteiger partial charge on any atom is 0.271 e. The van der Waals surface area contributed by atoms with Crippen LogP contribution in [-0.4, -0.2) is 33.0 Å². The second-order valence-corrected chi connectivity index (χ2v) is 5.23. The zero-order valence-corrected chi connectivity index (χ0v) is 12.6. The van der Waals surface area contributed by atoms with E-state index < -0.39 is 0 Å². The Balaban J connectivity index is 1.75. The van der Waals surface area contributed by atoms with E-state index in [9.17, 15) is 9.59 Å². The van der Waals surface area contributed by atoms with Gasteiger partial charge in [-0.2, -0.15) is 5.10 Å². The standard InChI is InChI=1S/C17H16N4O2/c1-21(11-13-8-5-9-16(22)18-13)17(23)15-10-14(19-20-15)12-6-3-2-4-7-12/h2-10H,11H2,1H3,(H,18,22)(H,19,20). The molecule has 0 aliphatic carbocycles. The highest BCUT2D eigenvalue weighted by Crippen LogP contribution is 2.17. The van der Waals surface area contributed by atoms with E-state index >= 15 is 0 Å². The number of aromatic amines is 2. The van der Waals surface area contributed by atoms with E-state index in [2.05, 4.69) is 15.2 Å². The Kier molecular flexibility index (Phi) is 4.05. The largest absolute Gasteiger partial charge is 0.335 e. The predicted octanol–water partition coefficient (Wildman–Crippen LogP) is 2.04. The van der Waals surface area contributed by atoms with Crippen LogP contribution in [0.4, 0.5) is 0 Å².